The Balaban J connectivity index is 1.91. The summed E-state index contributed by atoms with van der Waals surface area (Å²) in [5.74, 6) is 0.432. The smallest absolute Gasteiger partial charge is 0.186 e. The fourth-order valence-electron chi connectivity index (χ4n) is 2.59. The van der Waals surface area contributed by atoms with Gasteiger partial charge in [0.2, 0.25) is 0 Å². The second kappa shape index (κ2) is 4.82. The van der Waals surface area contributed by atoms with Crippen molar-refractivity contribution in [2.45, 2.75) is 51.3 Å². The summed E-state index contributed by atoms with van der Waals surface area (Å²) in [6.07, 6.45) is 2.93. The molecule has 2 rings (SSSR count). The Morgan fingerprint density at radius 1 is 1.50 bits per heavy atom. The highest BCUT2D eigenvalue weighted by Gasteiger charge is 2.51. The van der Waals surface area contributed by atoms with Crippen LogP contribution in [0.2, 0.25) is 0 Å². The second-order valence-electron chi connectivity index (χ2n) is 4.77. The van der Waals surface area contributed by atoms with E-state index in [1.165, 1.54) is 0 Å². The molecule has 0 amide bonds. The molecule has 2 fully saturated rings. The van der Waals surface area contributed by atoms with Crippen LogP contribution in [0.1, 0.15) is 26.7 Å². The van der Waals surface area contributed by atoms with E-state index < -0.39 is 0 Å². The van der Waals surface area contributed by atoms with Gasteiger partial charge in [-0.15, -0.1) is 0 Å². The van der Waals surface area contributed by atoms with Crippen molar-refractivity contribution in [1.29, 1.82) is 0 Å². The maximum absolute atomic E-state index is 10.9. The summed E-state index contributed by atoms with van der Waals surface area (Å²) in [6.45, 7) is 4.16. The van der Waals surface area contributed by atoms with Crippen LogP contribution in [0, 0.1) is 11.8 Å². The maximum Gasteiger partial charge on any atom is 0.186 e. The summed E-state index contributed by atoms with van der Waals surface area (Å²) >= 11 is 0. The molecule has 4 heteroatoms. The van der Waals surface area contributed by atoms with E-state index in [4.69, 9.17) is 14.2 Å². The van der Waals surface area contributed by atoms with Gasteiger partial charge in [0.1, 0.15) is 12.4 Å². The molecule has 92 valence electrons. The molecule has 0 aromatic heterocycles. The van der Waals surface area contributed by atoms with Gasteiger partial charge in [-0.2, -0.15) is 0 Å². The first-order valence-corrected chi connectivity index (χ1v) is 6.00. The normalized spacial score (nSPS) is 44.3. The Labute approximate surface area is 96.2 Å². The Kier molecular flexibility index (Phi) is 3.62. The highest BCUT2D eigenvalue weighted by molar-refractivity contribution is 5.54. The third kappa shape index (κ3) is 2.14. The van der Waals surface area contributed by atoms with Crippen LogP contribution in [0.25, 0.3) is 0 Å². The summed E-state index contributed by atoms with van der Waals surface area (Å²) in [5, 5.41) is 0. The van der Waals surface area contributed by atoms with Crippen molar-refractivity contribution in [1.82, 2.24) is 0 Å². The molecule has 2 heterocycles. The van der Waals surface area contributed by atoms with Crippen LogP contribution in [0.3, 0.4) is 0 Å². The van der Waals surface area contributed by atoms with Gasteiger partial charge in [-0.25, -0.2) is 0 Å². The molecule has 0 bridgehead atoms. The molecule has 2 saturated heterocycles. The number of hydrogen-bond acceptors (Lipinski definition) is 4. The van der Waals surface area contributed by atoms with Gasteiger partial charge in [0, 0.05) is 13.0 Å². The summed E-state index contributed by atoms with van der Waals surface area (Å²) in [6, 6.07) is 0. The quantitative estimate of drug-likeness (QED) is 0.527. The van der Waals surface area contributed by atoms with E-state index in [1.54, 1.807) is 7.11 Å². The van der Waals surface area contributed by atoms with Crippen molar-refractivity contribution < 1.29 is 19.0 Å². The van der Waals surface area contributed by atoms with E-state index in [0.29, 0.717) is 5.92 Å². The average molecular weight is 228 g/mol. The van der Waals surface area contributed by atoms with Crippen LogP contribution in [0.15, 0.2) is 0 Å². The third-order valence-electron chi connectivity index (χ3n) is 3.65. The molecule has 2 aliphatic rings. The first-order chi connectivity index (χ1) is 7.71. The van der Waals surface area contributed by atoms with Crippen molar-refractivity contribution in [2.75, 3.05) is 7.11 Å². The SMILES string of the molecule is CC[C@H](C=O)[C@H]1O[C@H]([C@H]2O[C@H]2OC)C[C@@H]1C. The van der Waals surface area contributed by atoms with Crippen molar-refractivity contribution in [3.8, 4) is 0 Å². The zero-order valence-corrected chi connectivity index (χ0v) is 10.1. The number of ether oxygens (including phenoxy) is 3. The fourth-order valence-corrected chi connectivity index (χ4v) is 2.59. The molecule has 0 aromatic carbocycles. The van der Waals surface area contributed by atoms with Crippen LogP contribution >= 0.6 is 0 Å². The first kappa shape index (κ1) is 12.0. The highest BCUT2D eigenvalue weighted by atomic mass is 16.8. The Hall–Kier alpha value is -0.450. The standard InChI is InChI=1S/C12H20O4/c1-4-8(6-13)10-7(2)5-9(15-10)11-12(14-3)16-11/h6-12H,4-5H2,1-3H3/t7-,8+,9-,10-,11+,12+/m0/s1. The first-order valence-electron chi connectivity index (χ1n) is 6.00. The number of aldehydes is 1. The third-order valence-corrected chi connectivity index (χ3v) is 3.65. The zero-order chi connectivity index (χ0) is 11.7. The van der Waals surface area contributed by atoms with Crippen molar-refractivity contribution in [3.63, 3.8) is 0 Å². The number of methoxy groups -OCH3 is 1. The molecule has 0 saturated carbocycles. The lowest BCUT2D eigenvalue weighted by atomic mass is 9.90. The van der Waals surface area contributed by atoms with Crippen LogP contribution in [0.5, 0.6) is 0 Å². The highest BCUT2D eigenvalue weighted by Crippen LogP contribution is 2.39. The zero-order valence-electron chi connectivity index (χ0n) is 10.1. The average Bonchev–Trinajstić information content (AvgIpc) is 2.99. The van der Waals surface area contributed by atoms with Gasteiger partial charge in [-0.05, 0) is 18.8 Å². The molecular weight excluding hydrogens is 208 g/mol. The minimum Gasteiger partial charge on any atom is -0.371 e. The molecule has 4 nitrogen and oxygen atoms in total. The van der Waals surface area contributed by atoms with E-state index >= 15 is 0 Å². The lowest BCUT2D eigenvalue weighted by Crippen LogP contribution is -2.27. The van der Waals surface area contributed by atoms with Gasteiger partial charge in [-0.1, -0.05) is 13.8 Å². The minimum atomic E-state index is -0.104. The molecule has 0 N–H and O–H groups in total. The van der Waals surface area contributed by atoms with Gasteiger partial charge in [-0.3, -0.25) is 0 Å². The largest absolute Gasteiger partial charge is 0.371 e. The lowest BCUT2D eigenvalue weighted by molar-refractivity contribution is -0.117. The molecule has 2 aliphatic heterocycles. The fraction of sp³-hybridized carbons (Fsp3) is 0.917. The van der Waals surface area contributed by atoms with E-state index in [-0.39, 0.29) is 30.5 Å². The van der Waals surface area contributed by atoms with Gasteiger partial charge >= 0.3 is 0 Å². The molecule has 6 atom stereocenters. The van der Waals surface area contributed by atoms with Crippen molar-refractivity contribution in [2.24, 2.45) is 11.8 Å². The van der Waals surface area contributed by atoms with E-state index in [0.717, 1.165) is 19.1 Å². The predicted octanol–water partition coefficient (Wildman–Crippen LogP) is 1.38. The number of carbonyl (C=O) groups is 1. The Morgan fingerprint density at radius 3 is 2.75 bits per heavy atom. The van der Waals surface area contributed by atoms with E-state index in [1.807, 2.05) is 6.92 Å². The van der Waals surface area contributed by atoms with Gasteiger partial charge in [0.15, 0.2) is 6.29 Å². The lowest BCUT2D eigenvalue weighted by Gasteiger charge is -2.20. The molecule has 0 aliphatic carbocycles. The topological polar surface area (TPSA) is 48.1 Å². The monoisotopic (exact) mass is 228 g/mol. The van der Waals surface area contributed by atoms with Crippen molar-refractivity contribution in [3.05, 3.63) is 0 Å². The Morgan fingerprint density at radius 2 is 2.25 bits per heavy atom. The number of epoxide rings is 1. The number of hydrogen-bond donors (Lipinski definition) is 0. The molecule has 0 unspecified atom stereocenters. The van der Waals surface area contributed by atoms with Crippen LogP contribution < -0.4 is 0 Å². The molecule has 16 heavy (non-hydrogen) atoms. The van der Waals surface area contributed by atoms with E-state index in [2.05, 4.69) is 6.92 Å². The van der Waals surface area contributed by atoms with Gasteiger partial charge in [0.05, 0.1) is 12.2 Å². The van der Waals surface area contributed by atoms with Crippen LogP contribution in [-0.2, 0) is 19.0 Å². The Bertz CT molecular complexity index is 255. The predicted molar refractivity (Wildman–Crippen MR) is 58.0 cm³/mol. The minimum absolute atomic E-state index is 0.0137. The molecule has 0 aromatic rings. The number of rotatable bonds is 5. The molecule has 0 spiro atoms. The van der Waals surface area contributed by atoms with Crippen molar-refractivity contribution >= 4 is 6.29 Å². The van der Waals surface area contributed by atoms with Gasteiger partial charge < -0.3 is 19.0 Å². The maximum atomic E-state index is 10.9. The summed E-state index contributed by atoms with van der Waals surface area (Å²) in [4.78, 5) is 10.9. The summed E-state index contributed by atoms with van der Waals surface area (Å²) < 4.78 is 16.4. The molecule has 0 radical (unpaired) electrons. The van der Waals surface area contributed by atoms with Gasteiger partial charge in [0.25, 0.3) is 0 Å². The van der Waals surface area contributed by atoms with Crippen LogP contribution in [0.4, 0.5) is 0 Å². The second-order valence-corrected chi connectivity index (χ2v) is 4.77. The summed E-state index contributed by atoms with van der Waals surface area (Å²) in [5.41, 5.74) is 0. The number of carbonyl (C=O) groups excluding carboxylic acids is 1. The summed E-state index contributed by atoms with van der Waals surface area (Å²) in [7, 11) is 1.64. The van der Waals surface area contributed by atoms with Crippen LogP contribution in [-0.4, -0.2) is 38.0 Å². The molecular formula is C12H20O4. The van der Waals surface area contributed by atoms with E-state index in [9.17, 15) is 4.79 Å².